The fraction of sp³-hybridized carbons (Fsp3) is 0.600. The summed E-state index contributed by atoms with van der Waals surface area (Å²) >= 11 is 2.05. The van der Waals surface area contributed by atoms with Crippen molar-refractivity contribution in [1.82, 2.24) is 5.32 Å². The highest BCUT2D eigenvalue weighted by Crippen LogP contribution is 2.38. The maximum Gasteiger partial charge on any atom is 0.0630 e. The van der Waals surface area contributed by atoms with Gasteiger partial charge in [-0.1, -0.05) is 18.6 Å². The number of aryl methyl sites for hydroxylation is 2. The molecule has 0 fully saturated rings. The van der Waals surface area contributed by atoms with Crippen LogP contribution in [-0.2, 0) is 12.8 Å². The second-order valence-corrected chi connectivity index (χ2v) is 6.28. The number of fused-ring (bicyclic) bond motifs is 1. The molecule has 92 valence electrons. The molecule has 0 saturated heterocycles. The third-order valence-corrected chi connectivity index (χ3v) is 5.21. The zero-order valence-electron chi connectivity index (χ0n) is 10.6. The van der Waals surface area contributed by atoms with Crippen LogP contribution < -0.4 is 5.32 Å². The predicted octanol–water partition coefficient (Wildman–Crippen LogP) is 4.00. The molecule has 0 radical (unpaired) electrons. The van der Waals surface area contributed by atoms with E-state index in [4.69, 9.17) is 0 Å². The monoisotopic (exact) mass is 247 g/mol. The molecule has 1 aromatic heterocycles. The van der Waals surface area contributed by atoms with Gasteiger partial charge in [0.1, 0.15) is 0 Å². The van der Waals surface area contributed by atoms with Gasteiger partial charge in [0.05, 0.1) is 6.04 Å². The fourth-order valence-corrected chi connectivity index (χ4v) is 4.45. The Morgan fingerprint density at radius 3 is 2.94 bits per heavy atom. The first-order valence-electron chi connectivity index (χ1n) is 6.92. The van der Waals surface area contributed by atoms with Crippen molar-refractivity contribution < 1.29 is 0 Å². The molecule has 0 spiro atoms. The van der Waals surface area contributed by atoms with Crippen LogP contribution in [0.15, 0.2) is 17.7 Å². The first-order valence-corrected chi connectivity index (χ1v) is 7.74. The summed E-state index contributed by atoms with van der Waals surface area (Å²) in [6, 6.07) is 2.98. The first kappa shape index (κ1) is 11.5. The molecule has 1 N–H and O–H groups in total. The Labute approximate surface area is 108 Å². The molecule has 2 aliphatic rings. The third kappa shape index (κ3) is 2.21. The van der Waals surface area contributed by atoms with Crippen LogP contribution in [0.1, 0.15) is 54.0 Å². The highest BCUT2D eigenvalue weighted by Gasteiger charge is 2.23. The average molecular weight is 247 g/mol. The topological polar surface area (TPSA) is 12.0 Å². The molecule has 1 unspecified atom stereocenters. The van der Waals surface area contributed by atoms with Gasteiger partial charge in [-0.3, -0.25) is 0 Å². The minimum atomic E-state index is 0.512. The van der Waals surface area contributed by atoms with Gasteiger partial charge >= 0.3 is 0 Å². The Kier molecular flexibility index (Phi) is 3.34. The predicted molar refractivity (Wildman–Crippen MR) is 74.7 cm³/mol. The van der Waals surface area contributed by atoms with Crippen molar-refractivity contribution in [3.8, 4) is 0 Å². The highest BCUT2D eigenvalue weighted by molar-refractivity contribution is 7.12. The van der Waals surface area contributed by atoms with Crippen LogP contribution in [0.4, 0.5) is 0 Å². The van der Waals surface area contributed by atoms with Gasteiger partial charge in [-0.15, -0.1) is 11.3 Å². The summed E-state index contributed by atoms with van der Waals surface area (Å²) in [5.74, 6) is 0. The minimum absolute atomic E-state index is 0.512. The Balaban J connectivity index is 1.86. The highest BCUT2D eigenvalue weighted by atomic mass is 32.1. The first-order chi connectivity index (χ1) is 8.38. The molecule has 0 bridgehead atoms. The number of hydrogen-bond acceptors (Lipinski definition) is 2. The van der Waals surface area contributed by atoms with E-state index in [9.17, 15) is 0 Å². The van der Waals surface area contributed by atoms with Crippen LogP contribution >= 0.6 is 11.3 Å². The third-order valence-electron chi connectivity index (χ3n) is 3.91. The van der Waals surface area contributed by atoms with Gasteiger partial charge in [0.25, 0.3) is 0 Å². The molecule has 1 nitrogen and oxygen atoms in total. The summed E-state index contributed by atoms with van der Waals surface area (Å²) in [4.78, 5) is 3.21. The van der Waals surface area contributed by atoms with Crippen molar-refractivity contribution in [2.75, 3.05) is 6.54 Å². The Morgan fingerprint density at radius 2 is 2.24 bits per heavy atom. The van der Waals surface area contributed by atoms with Crippen molar-refractivity contribution >= 4 is 11.3 Å². The number of thiophene rings is 1. The van der Waals surface area contributed by atoms with E-state index in [2.05, 4.69) is 35.7 Å². The molecule has 0 saturated carbocycles. The van der Waals surface area contributed by atoms with E-state index in [0.29, 0.717) is 6.04 Å². The van der Waals surface area contributed by atoms with Crippen LogP contribution in [0.25, 0.3) is 0 Å². The lowest BCUT2D eigenvalue weighted by molar-refractivity contribution is 0.613. The molecule has 1 heterocycles. The minimum Gasteiger partial charge on any atom is -0.306 e. The SMILES string of the molecule is CCNC(C1=CCCC1)c1cc2c(s1)CCC2. The maximum absolute atomic E-state index is 3.67. The number of rotatable bonds is 4. The smallest absolute Gasteiger partial charge is 0.0630 e. The van der Waals surface area contributed by atoms with E-state index in [1.807, 2.05) is 0 Å². The van der Waals surface area contributed by atoms with E-state index in [1.165, 1.54) is 38.5 Å². The fourth-order valence-electron chi connectivity index (χ4n) is 3.07. The molecule has 1 aromatic rings. The Bertz CT molecular complexity index is 409. The second-order valence-electron chi connectivity index (χ2n) is 5.11. The van der Waals surface area contributed by atoms with Gasteiger partial charge in [-0.05, 0) is 56.7 Å². The van der Waals surface area contributed by atoms with E-state index >= 15 is 0 Å². The summed E-state index contributed by atoms with van der Waals surface area (Å²) in [5, 5.41) is 3.67. The van der Waals surface area contributed by atoms with Crippen molar-refractivity contribution in [2.24, 2.45) is 0 Å². The lowest BCUT2D eigenvalue weighted by Crippen LogP contribution is -2.21. The molecular formula is C15H21NS. The zero-order chi connectivity index (χ0) is 11.7. The van der Waals surface area contributed by atoms with E-state index < -0.39 is 0 Å². The summed E-state index contributed by atoms with van der Waals surface area (Å²) in [7, 11) is 0. The van der Waals surface area contributed by atoms with Gasteiger partial charge < -0.3 is 5.32 Å². The van der Waals surface area contributed by atoms with Crippen molar-refractivity contribution in [1.29, 1.82) is 0 Å². The molecule has 0 amide bonds. The van der Waals surface area contributed by atoms with Gasteiger partial charge in [0.15, 0.2) is 0 Å². The summed E-state index contributed by atoms with van der Waals surface area (Å²) in [5.41, 5.74) is 3.26. The van der Waals surface area contributed by atoms with E-state index in [1.54, 1.807) is 20.9 Å². The Morgan fingerprint density at radius 1 is 1.29 bits per heavy atom. The van der Waals surface area contributed by atoms with Crippen molar-refractivity contribution in [3.63, 3.8) is 0 Å². The lowest BCUT2D eigenvalue weighted by Gasteiger charge is -2.18. The Hall–Kier alpha value is -0.600. The number of nitrogens with one attached hydrogen (secondary N) is 1. The van der Waals surface area contributed by atoms with Gasteiger partial charge in [-0.2, -0.15) is 0 Å². The molecular weight excluding hydrogens is 226 g/mol. The number of likely N-dealkylation sites (N-methyl/N-ethyl adjacent to an activating group) is 1. The molecule has 17 heavy (non-hydrogen) atoms. The van der Waals surface area contributed by atoms with Crippen molar-refractivity contribution in [3.05, 3.63) is 33.0 Å². The van der Waals surface area contributed by atoms with Crippen LogP contribution in [0.3, 0.4) is 0 Å². The lowest BCUT2D eigenvalue weighted by atomic mass is 10.0. The van der Waals surface area contributed by atoms with Gasteiger partial charge in [0, 0.05) is 9.75 Å². The molecule has 3 rings (SSSR count). The second kappa shape index (κ2) is 4.95. The largest absolute Gasteiger partial charge is 0.306 e. The molecule has 2 heteroatoms. The molecule has 2 aliphatic carbocycles. The van der Waals surface area contributed by atoms with Crippen LogP contribution in [0.2, 0.25) is 0 Å². The van der Waals surface area contributed by atoms with Crippen LogP contribution in [0, 0.1) is 0 Å². The number of allylic oxidation sites excluding steroid dienone is 1. The van der Waals surface area contributed by atoms with Crippen molar-refractivity contribution in [2.45, 2.75) is 51.5 Å². The van der Waals surface area contributed by atoms with Gasteiger partial charge in [0.2, 0.25) is 0 Å². The summed E-state index contributed by atoms with van der Waals surface area (Å²) in [6.07, 6.45) is 10.4. The average Bonchev–Trinajstić information content (AvgIpc) is 3.01. The molecule has 1 atom stereocenters. The maximum atomic E-state index is 3.67. The zero-order valence-corrected chi connectivity index (χ0v) is 11.4. The summed E-state index contributed by atoms with van der Waals surface area (Å²) in [6.45, 7) is 3.27. The van der Waals surface area contributed by atoms with Gasteiger partial charge in [-0.25, -0.2) is 0 Å². The van der Waals surface area contributed by atoms with Crippen LogP contribution in [0.5, 0.6) is 0 Å². The molecule has 0 aromatic carbocycles. The standard InChI is InChI=1S/C15H21NS/c1-2-16-15(11-6-3-4-7-11)14-10-12-8-5-9-13(12)17-14/h6,10,15-16H,2-5,7-9H2,1H3. The summed E-state index contributed by atoms with van der Waals surface area (Å²) < 4.78 is 0. The van der Waals surface area contributed by atoms with E-state index in [0.717, 1.165) is 6.54 Å². The van der Waals surface area contributed by atoms with E-state index in [-0.39, 0.29) is 0 Å². The number of hydrogen-bond donors (Lipinski definition) is 1. The molecule has 0 aliphatic heterocycles. The quantitative estimate of drug-likeness (QED) is 0.793. The normalized spacial score (nSPS) is 20.4. The van der Waals surface area contributed by atoms with Crippen LogP contribution in [-0.4, -0.2) is 6.54 Å².